The van der Waals surface area contributed by atoms with Crippen molar-refractivity contribution in [1.29, 1.82) is 0 Å². The van der Waals surface area contributed by atoms with Gasteiger partial charge in [-0.05, 0) is 51.7 Å². The average Bonchev–Trinajstić information content (AvgIpc) is 2.72. The Kier molecular flexibility index (Phi) is 6.06. The van der Waals surface area contributed by atoms with Crippen molar-refractivity contribution < 1.29 is 5.11 Å². The Morgan fingerprint density at radius 1 is 1.29 bits per heavy atom. The Morgan fingerprint density at radius 2 is 1.95 bits per heavy atom. The second-order valence-electron chi connectivity index (χ2n) is 7.95. The molecule has 0 bridgehead atoms. The van der Waals surface area contributed by atoms with E-state index in [9.17, 15) is 5.11 Å². The largest absolute Gasteiger partial charge is 0.392 e. The summed E-state index contributed by atoms with van der Waals surface area (Å²) in [4.78, 5) is 4.82. The lowest BCUT2D eigenvalue weighted by Gasteiger charge is -2.43. The van der Waals surface area contributed by atoms with E-state index >= 15 is 0 Å². The third-order valence-electron chi connectivity index (χ3n) is 5.51. The van der Waals surface area contributed by atoms with Gasteiger partial charge in [-0.3, -0.25) is 4.90 Å². The van der Waals surface area contributed by atoms with E-state index < -0.39 is 0 Å². The van der Waals surface area contributed by atoms with Crippen molar-refractivity contribution >= 4 is 0 Å². The molecule has 4 heteroatoms. The van der Waals surface area contributed by atoms with Crippen molar-refractivity contribution in [1.82, 2.24) is 15.1 Å². The molecule has 1 aliphatic carbocycles. The van der Waals surface area contributed by atoms with Gasteiger partial charge in [-0.15, -0.1) is 0 Å². The summed E-state index contributed by atoms with van der Waals surface area (Å²) in [5.74, 6) is 0.886. The van der Waals surface area contributed by atoms with E-state index in [0.717, 1.165) is 38.5 Å². The van der Waals surface area contributed by atoms with E-state index in [1.165, 1.54) is 25.7 Å². The van der Waals surface area contributed by atoms with Crippen molar-refractivity contribution in [2.75, 3.05) is 47.3 Å². The van der Waals surface area contributed by atoms with E-state index in [0.29, 0.717) is 11.5 Å². The molecule has 2 unspecified atom stereocenters. The summed E-state index contributed by atoms with van der Waals surface area (Å²) in [6.45, 7) is 6.57. The molecule has 2 N–H and O–H groups in total. The molecule has 21 heavy (non-hydrogen) atoms. The molecule has 0 spiro atoms. The van der Waals surface area contributed by atoms with Crippen molar-refractivity contribution in [3.63, 3.8) is 0 Å². The highest BCUT2D eigenvalue weighted by Crippen LogP contribution is 2.40. The number of β-amino-alcohol motifs (C(OH)–C–C–N with tert-alkyl or cyclic N) is 1. The van der Waals surface area contributed by atoms with Crippen LogP contribution in [0.4, 0.5) is 0 Å². The van der Waals surface area contributed by atoms with Crippen LogP contribution in [0.25, 0.3) is 0 Å². The fraction of sp³-hybridized carbons (Fsp3) is 1.00. The zero-order valence-electron chi connectivity index (χ0n) is 14.4. The topological polar surface area (TPSA) is 38.7 Å². The number of hydrogen-bond donors (Lipinski definition) is 2. The van der Waals surface area contributed by atoms with E-state index in [1.54, 1.807) is 0 Å². The smallest absolute Gasteiger partial charge is 0.0682 e. The van der Waals surface area contributed by atoms with Crippen LogP contribution in [-0.2, 0) is 0 Å². The quantitative estimate of drug-likeness (QED) is 0.777. The molecule has 0 aromatic heterocycles. The minimum Gasteiger partial charge on any atom is -0.392 e. The van der Waals surface area contributed by atoms with Gasteiger partial charge >= 0.3 is 0 Å². The number of nitrogens with zero attached hydrogens (tertiary/aromatic N) is 2. The summed E-state index contributed by atoms with van der Waals surface area (Å²) in [6, 6.07) is 0.517. The lowest BCUT2D eigenvalue weighted by molar-refractivity contribution is 0.0705. The van der Waals surface area contributed by atoms with Crippen LogP contribution in [0.2, 0.25) is 0 Å². The molecule has 124 valence electrons. The number of nitrogens with one attached hydrogen (secondary N) is 1. The predicted molar refractivity (Wildman–Crippen MR) is 88.5 cm³/mol. The van der Waals surface area contributed by atoms with Crippen molar-refractivity contribution in [3.05, 3.63) is 0 Å². The normalized spacial score (nSPS) is 38.3. The first kappa shape index (κ1) is 17.2. The van der Waals surface area contributed by atoms with Crippen molar-refractivity contribution in [2.24, 2.45) is 11.3 Å². The zero-order chi connectivity index (χ0) is 15.5. The van der Waals surface area contributed by atoms with Gasteiger partial charge in [0, 0.05) is 32.2 Å². The standard InChI is InChI=1S/C17H35N3O/c1-14-5-7-17(8-6-14,12-18-2)13-20-11-16(21)9-15(20)10-19(3)4/h14-16,18,21H,5-13H2,1-4H3. The summed E-state index contributed by atoms with van der Waals surface area (Å²) >= 11 is 0. The van der Waals surface area contributed by atoms with Gasteiger partial charge in [-0.25, -0.2) is 0 Å². The summed E-state index contributed by atoms with van der Waals surface area (Å²) in [5.41, 5.74) is 0.413. The predicted octanol–water partition coefficient (Wildman–Crippen LogP) is 1.40. The fourth-order valence-corrected chi connectivity index (χ4v) is 4.33. The fourth-order valence-electron chi connectivity index (χ4n) is 4.33. The Balaban J connectivity index is 2.01. The molecule has 0 aromatic rings. The minimum atomic E-state index is -0.135. The lowest BCUT2D eigenvalue weighted by Crippen LogP contribution is -2.48. The maximum Gasteiger partial charge on any atom is 0.0682 e. The second kappa shape index (κ2) is 7.40. The molecule has 0 radical (unpaired) electrons. The molecular weight excluding hydrogens is 262 g/mol. The molecule has 1 saturated heterocycles. The average molecular weight is 297 g/mol. The highest BCUT2D eigenvalue weighted by molar-refractivity contribution is 4.94. The third kappa shape index (κ3) is 4.65. The molecule has 4 nitrogen and oxygen atoms in total. The van der Waals surface area contributed by atoms with E-state index in [2.05, 4.69) is 43.2 Å². The van der Waals surface area contributed by atoms with Crippen LogP contribution in [0, 0.1) is 11.3 Å². The number of hydrogen-bond acceptors (Lipinski definition) is 4. The van der Waals surface area contributed by atoms with Gasteiger partial charge in [-0.2, -0.15) is 0 Å². The Morgan fingerprint density at radius 3 is 2.52 bits per heavy atom. The Labute approximate surface area is 130 Å². The molecule has 2 aliphatic rings. The van der Waals surface area contributed by atoms with Crippen molar-refractivity contribution in [2.45, 2.75) is 51.2 Å². The van der Waals surface area contributed by atoms with Crippen LogP contribution in [-0.4, -0.2) is 74.4 Å². The third-order valence-corrected chi connectivity index (χ3v) is 5.51. The first-order valence-corrected chi connectivity index (χ1v) is 8.65. The number of likely N-dealkylation sites (N-methyl/N-ethyl adjacent to an activating group) is 1. The van der Waals surface area contributed by atoms with E-state index in [1.807, 2.05) is 0 Å². The summed E-state index contributed by atoms with van der Waals surface area (Å²) < 4.78 is 0. The van der Waals surface area contributed by atoms with Gasteiger partial charge in [0.05, 0.1) is 6.10 Å². The zero-order valence-corrected chi connectivity index (χ0v) is 14.4. The van der Waals surface area contributed by atoms with E-state index in [4.69, 9.17) is 0 Å². The van der Waals surface area contributed by atoms with Gasteiger partial charge in [0.25, 0.3) is 0 Å². The van der Waals surface area contributed by atoms with Crippen LogP contribution in [0.5, 0.6) is 0 Å². The van der Waals surface area contributed by atoms with Gasteiger partial charge in [0.2, 0.25) is 0 Å². The minimum absolute atomic E-state index is 0.135. The van der Waals surface area contributed by atoms with Gasteiger partial charge in [0.15, 0.2) is 0 Å². The number of aliphatic hydroxyl groups is 1. The van der Waals surface area contributed by atoms with Crippen LogP contribution < -0.4 is 5.32 Å². The molecule has 2 rings (SSSR count). The SMILES string of the molecule is CNCC1(CN2CC(O)CC2CN(C)C)CCC(C)CC1. The molecule has 1 saturated carbocycles. The lowest BCUT2D eigenvalue weighted by atomic mass is 9.70. The molecule has 2 fully saturated rings. The van der Waals surface area contributed by atoms with Gasteiger partial charge < -0.3 is 15.3 Å². The number of likely N-dealkylation sites (tertiary alicyclic amines) is 1. The van der Waals surface area contributed by atoms with Crippen LogP contribution in [0.3, 0.4) is 0 Å². The van der Waals surface area contributed by atoms with Crippen LogP contribution in [0.1, 0.15) is 39.0 Å². The highest BCUT2D eigenvalue weighted by atomic mass is 16.3. The molecular formula is C17H35N3O. The number of aliphatic hydroxyl groups excluding tert-OH is 1. The monoisotopic (exact) mass is 297 g/mol. The first-order valence-electron chi connectivity index (χ1n) is 8.65. The summed E-state index contributed by atoms with van der Waals surface area (Å²) in [6.07, 6.45) is 6.17. The Hall–Kier alpha value is -0.160. The maximum absolute atomic E-state index is 10.1. The van der Waals surface area contributed by atoms with Gasteiger partial charge in [0.1, 0.15) is 0 Å². The maximum atomic E-state index is 10.1. The van der Waals surface area contributed by atoms with E-state index in [-0.39, 0.29) is 6.10 Å². The summed E-state index contributed by atoms with van der Waals surface area (Å²) in [7, 11) is 6.35. The molecule has 0 amide bonds. The van der Waals surface area contributed by atoms with Crippen LogP contribution >= 0.6 is 0 Å². The van der Waals surface area contributed by atoms with Crippen molar-refractivity contribution in [3.8, 4) is 0 Å². The molecule has 0 aromatic carbocycles. The summed E-state index contributed by atoms with van der Waals surface area (Å²) in [5, 5.41) is 13.5. The number of rotatable bonds is 6. The molecule has 2 atom stereocenters. The second-order valence-corrected chi connectivity index (χ2v) is 7.95. The molecule has 1 heterocycles. The van der Waals surface area contributed by atoms with Crippen LogP contribution in [0.15, 0.2) is 0 Å². The van der Waals surface area contributed by atoms with Gasteiger partial charge in [-0.1, -0.05) is 19.8 Å². The Bertz CT molecular complexity index is 313. The molecule has 1 aliphatic heterocycles. The first-order chi connectivity index (χ1) is 9.94. The highest BCUT2D eigenvalue weighted by Gasteiger charge is 2.40.